The van der Waals surface area contributed by atoms with E-state index < -0.39 is 11.7 Å². The summed E-state index contributed by atoms with van der Waals surface area (Å²) in [6, 6.07) is 0. The third-order valence-corrected chi connectivity index (χ3v) is 2.78. The van der Waals surface area contributed by atoms with Crippen molar-refractivity contribution in [2.45, 2.75) is 39.2 Å². The molecule has 6 heteroatoms. The van der Waals surface area contributed by atoms with Gasteiger partial charge in [-0.2, -0.15) is 0 Å². The number of nitrogens with zero attached hydrogens (tertiary/aromatic N) is 1. The van der Waals surface area contributed by atoms with E-state index in [1.54, 1.807) is 0 Å². The number of carboxylic acid groups (broad SMARTS) is 1. The molecule has 0 aliphatic carbocycles. The zero-order valence-electron chi connectivity index (χ0n) is 11.8. The Morgan fingerprint density at radius 2 is 2.05 bits per heavy atom. The maximum absolute atomic E-state index is 11.4. The minimum Gasteiger partial charge on any atom is -0.465 e. The van der Waals surface area contributed by atoms with Gasteiger partial charge in [-0.1, -0.05) is 0 Å². The SMILES string of the molecule is CC(C)(C)OC(=O)CCOC[C@H]1CCN(C(=O)O)C1. The van der Waals surface area contributed by atoms with E-state index in [4.69, 9.17) is 14.6 Å². The van der Waals surface area contributed by atoms with Crippen LogP contribution in [0.4, 0.5) is 4.79 Å². The highest BCUT2D eigenvalue weighted by Gasteiger charge is 2.25. The maximum Gasteiger partial charge on any atom is 0.407 e. The van der Waals surface area contributed by atoms with Gasteiger partial charge in [0.15, 0.2) is 0 Å². The van der Waals surface area contributed by atoms with Crippen molar-refractivity contribution < 1.29 is 24.2 Å². The molecule has 19 heavy (non-hydrogen) atoms. The standard InChI is InChI=1S/C13H23NO5/c1-13(2,3)19-11(15)5-7-18-9-10-4-6-14(8-10)12(16)17/h10H,4-9H2,1-3H3,(H,16,17)/t10-/m0/s1. The van der Waals surface area contributed by atoms with Crippen LogP contribution in [-0.2, 0) is 14.3 Å². The van der Waals surface area contributed by atoms with Gasteiger partial charge in [-0.15, -0.1) is 0 Å². The van der Waals surface area contributed by atoms with Gasteiger partial charge in [-0.25, -0.2) is 4.79 Å². The Bertz CT molecular complexity index is 323. The molecule has 0 aromatic rings. The largest absolute Gasteiger partial charge is 0.465 e. The molecule has 0 saturated carbocycles. The second-order valence-corrected chi connectivity index (χ2v) is 5.79. The van der Waals surface area contributed by atoms with E-state index in [0.717, 1.165) is 6.42 Å². The first-order chi connectivity index (χ1) is 8.78. The Morgan fingerprint density at radius 3 is 2.58 bits per heavy atom. The van der Waals surface area contributed by atoms with Crippen molar-refractivity contribution in [2.24, 2.45) is 5.92 Å². The highest BCUT2D eigenvalue weighted by atomic mass is 16.6. The molecule has 0 spiro atoms. The second kappa shape index (κ2) is 6.75. The number of hydrogen-bond donors (Lipinski definition) is 1. The summed E-state index contributed by atoms with van der Waals surface area (Å²) in [6.45, 7) is 7.36. The van der Waals surface area contributed by atoms with Gasteiger partial charge in [-0.3, -0.25) is 4.79 Å². The van der Waals surface area contributed by atoms with Crippen LogP contribution in [0.5, 0.6) is 0 Å². The number of amides is 1. The predicted octanol–water partition coefficient (Wildman–Crippen LogP) is 1.73. The minimum atomic E-state index is -0.878. The van der Waals surface area contributed by atoms with Crippen LogP contribution < -0.4 is 0 Å². The summed E-state index contributed by atoms with van der Waals surface area (Å²) in [5, 5.41) is 8.81. The molecule has 0 bridgehead atoms. The molecule has 1 amide bonds. The van der Waals surface area contributed by atoms with Crippen LogP contribution in [0.2, 0.25) is 0 Å². The van der Waals surface area contributed by atoms with Gasteiger partial charge in [-0.05, 0) is 27.2 Å². The fourth-order valence-electron chi connectivity index (χ4n) is 1.94. The van der Waals surface area contributed by atoms with Gasteiger partial charge in [0.25, 0.3) is 0 Å². The number of hydrogen-bond acceptors (Lipinski definition) is 4. The van der Waals surface area contributed by atoms with E-state index in [0.29, 0.717) is 26.3 Å². The van der Waals surface area contributed by atoms with E-state index in [1.807, 2.05) is 20.8 Å². The van der Waals surface area contributed by atoms with E-state index in [2.05, 4.69) is 0 Å². The lowest BCUT2D eigenvalue weighted by Crippen LogP contribution is -2.27. The highest BCUT2D eigenvalue weighted by molar-refractivity contribution is 5.69. The molecule has 0 unspecified atom stereocenters. The Hall–Kier alpha value is -1.30. The van der Waals surface area contributed by atoms with Crippen molar-refractivity contribution in [3.8, 4) is 0 Å². The molecule has 1 fully saturated rings. The van der Waals surface area contributed by atoms with Crippen molar-refractivity contribution in [1.29, 1.82) is 0 Å². The zero-order valence-corrected chi connectivity index (χ0v) is 11.8. The lowest BCUT2D eigenvalue weighted by atomic mass is 10.1. The number of ether oxygens (including phenoxy) is 2. The third kappa shape index (κ3) is 6.42. The van der Waals surface area contributed by atoms with Crippen LogP contribution in [0, 0.1) is 5.92 Å². The summed E-state index contributed by atoms with van der Waals surface area (Å²) in [4.78, 5) is 23.5. The van der Waals surface area contributed by atoms with Gasteiger partial charge in [0.1, 0.15) is 5.60 Å². The summed E-state index contributed by atoms with van der Waals surface area (Å²) in [5.41, 5.74) is -0.468. The number of esters is 1. The van der Waals surface area contributed by atoms with Crippen molar-refractivity contribution in [3.63, 3.8) is 0 Å². The molecule has 1 saturated heterocycles. The Kier molecular flexibility index (Phi) is 5.60. The van der Waals surface area contributed by atoms with E-state index >= 15 is 0 Å². The van der Waals surface area contributed by atoms with Crippen LogP contribution in [0.1, 0.15) is 33.6 Å². The molecule has 6 nitrogen and oxygen atoms in total. The van der Waals surface area contributed by atoms with Crippen LogP contribution in [0.3, 0.4) is 0 Å². The maximum atomic E-state index is 11.4. The van der Waals surface area contributed by atoms with Crippen molar-refractivity contribution in [2.75, 3.05) is 26.3 Å². The second-order valence-electron chi connectivity index (χ2n) is 5.79. The molecule has 0 aromatic carbocycles. The summed E-state index contributed by atoms with van der Waals surface area (Å²) < 4.78 is 10.6. The van der Waals surface area contributed by atoms with Crippen molar-refractivity contribution in [3.05, 3.63) is 0 Å². The average molecular weight is 273 g/mol. The smallest absolute Gasteiger partial charge is 0.407 e. The first-order valence-electron chi connectivity index (χ1n) is 6.55. The first-order valence-corrected chi connectivity index (χ1v) is 6.55. The van der Waals surface area contributed by atoms with Crippen LogP contribution >= 0.6 is 0 Å². The van der Waals surface area contributed by atoms with Crippen LogP contribution in [-0.4, -0.2) is 54.0 Å². The summed E-state index contributed by atoms with van der Waals surface area (Å²) in [6.07, 6.45) is 0.169. The first kappa shape index (κ1) is 15.8. The molecular weight excluding hydrogens is 250 g/mol. The monoisotopic (exact) mass is 273 g/mol. The quantitative estimate of drug-likeness (QED) is 0.610. The van der Waals surface area contributed by atoms with Crippen molar-refractivity contribution >= 4 is 12.1 Å². The molecule has 1 heterocycles. The van der Waals surface area contributed by atoms with Gasteiger partial charge in [0, 0.05) is 19.0 Å². The lowest BCUT2D eigenvalue weighted by Gasteiger charge is -2.19. The van der Waals surface area contributed by atoms with Crippen LogP contribution in [0.15, 0.2) is 0 Å². The summed E-state index contributed by atoms with van der Waals surface area (Å²) in [7, 11) is 0. The van der Waals surface area contributed by atoms with Crippen LogP contribution in [0.25, 0.3) is 0 Å². The fraction of sp³-hybridized carbons (Fsp3) is 0.846. The van der Waals surface area contributed by atoms with Gasteiger partial charge in [0.2, 0.25) is 0 Å². The average Bonchev–Trinajstić information content (AvgIpc) is 2.70. The molecule has 110 valence electrons. The number of likely N-dealkylation sites (tertiary alicyclic amines) is 1. The van der Waals surface area contributed by atoms with Gasteiger partial charge < -0.3 is 19.5 Å². The molecule has 1 aliphatic rings. The Labute approximate surface area is 113 Å². The molecule has 1 atom stereocenters. The predicted molar refractivity (Wildman–Crippen MR) is 69.0 cm³/mol. The lowest BCUT2D eigenvalue weighted by molar-refractivity contribution is -0.156. The summed E-state index contributed by atoms with van der Waals surface area (Å²) >= 11 is 0. The van der Waals surface area contributed by atoms with E-state index in [1.165, 1.54) is 4.90 Å². The molecule has 0 radical (unpaired) electrons. The van der Waals surface area contributed by atoms with E-state index in [9.17, 15) is 9.59 Å². The van der Waals surface area contributed by atoms with Gasteiger partial charge in [0.05, 0.1) is 19.6 Å². The van der Waals surface area contributed by atoms with Crippen molar-refractivity contribution in [1.82, 2.24) is 4.90 Å². The topological polar surface area (TPSA) is 76.1 Å². The van der Waals surface area contributed by atoms with Gasteiger partial charge >= 0.3 is 12.1 Å². The minimum absolute atomic E-state index is 0.229. The number of rotatable bonds is 5. The fourth-order valence-corrected chi connectivity index (χ4v) is 1.94. The zero-order chi connectivity index (χ0) is 14.5. The third-order valence-electron chi connectivity index (χ3n) is 2.78. The summed E-state index contributed by atoms with van der Waals surface area (Å²) in [5.74, 6) is -0.0409. The normalized spacial score (nSPS) is 19.5. The molecule has 1 N–H and O–H groups in total. The molecule has 0 aromatic heterocycles. The Morgan fingerprint density at radius 1 is 1.37 bits per heavy atom. The molecule has 1 aliphatic heterocycles. The molecular formula is C13H23NO5. The number of carbonyl (C=O) groups is 2. The highest BCUT2D eigenvalue weighted by Crippen LogP contribution is 2.16. The molecule has 1 rings (SSSR count). The Balaban J connectivity index is 2.09. The number of carbonyl (C=O) groups excluding carboxylic acids is 1. The van der Waals surface area contributed by atoms with E-state index in [-0.39, 0.29) is 18.3 Å².